The van der Waals surface area contributed by atoms with E-state index in [1.54, 1.807) is 0 Å². The SMILES string of the molecule is Cl.OCCCSCCNCc1ccc(Cl)cc1. The van der Waals surface area contributed by atoms with E-state index in [9.17, 15) is 0 Å². The van der Waals surface area contributed by atoms with Crippen molar-refractivity contribution in [2.24, 2.45) is 0 Å². The minimum Gasteiger partial charge on any atom is -0.396 e. The first-order valence-electron chi connectivity index (χ1n) is 5.46. The summed E-state index contributed by atoms with van der Waals surface area (Å²) in [5.74, 6) is 2.13. The molecule has 0 aliphatic carbocycles. The fraction of sp³-hybridized carbons (Fsp3) is 0.500. The van der Waals surface area contributed by atoms with Crippen molar-refractivity contribution in [2.75, 3.05) is 24.7 Å². The van der Waals surface area contributed by atoms with Gasteiger partial charge in [0.2, 0.25) is 0 Å². The fourth-order valence-corrected chi connectivity index (χ4v) is 2.20. The van der Waals surface area contributed by atoms with Gasteiger partial charge in [-0.2, -0.15) is 11.8 Å². The molecule has 0 bridgehead atoms. The van der Waals surface area contributed by atoms with E-state index in [1.165, 1.54) is 5.56 Å². The van der Waals surface area contributed by atoms with Crippen LogP contribution in [0, 0.1) is 0 Å². The number of hydrogen-bond acceptors (Lipinski definition) is 3. The zero-order valence-electron chi connectivity index (χ0n) is 9.69. The highest BCUT2D eigenvalue weighted by atomic mass is 35.5. The van der Waals surface area contributed by atoms with E-state index >= 15 is 0 Å². The van der Waals surface area contributed by atoms with Gasteiger partial charge in [-0.1, -0.05) is 23.7 Å². The highest BCUT2D eigenvalue weighted by Crippen LogP contribution is 2.09. The number of thioether (sulfide) groups is 1. The summed E-state index contributed by atoms with van der Waals surface area (Å²) in [5.41, 5.74) is 1.25. The van der Waals surface area contributed by atoms with Crippen LogP contribution in [0.5, 0.6) is 0 Å². The standard InChI is InChI=1S/C12H18ClNOS.ClH/c13-12-4-2-11(3-5-12)10-14-6-9-16-8-1-7-15;/h2-5,14-15H,1,6-10H2;1H. The van der Waals surface area contributed by atoms with Gasteiger partial charge in [-0.05, 0) is 29.9 Å². The molecule has 0 atom stereocenters. The van der Waals surface area contributed by atoms with Gasteiger partial charge in [0, 0.05) is 30.5 Å². The number of rotatable bonds is 8. The molecule has 0 aromatic heterocycles. The van der Waals surface area contributed by atoms with Crippen molar-refractivity contribution in [1.82, 2.24) is 5.32 Å². The van der Waals surface area contributed by atoms with Gasteiger partial charge in [-0.15, -0.1) is 12.4 Å². The lowest BCUT2D eigenvalue weighted by Crippen LogP contribution is -2.16. The lowest BCUT2D eigenvalue weighted by Gasteiger charge is -2.04. The van der Waals surface area contributed by atoms with Gasteiger partial charge in [0.15, 0.2) is 0 Å². The van der Waals surface area contributed by atoms with Gasteiger partial charge in [-0.3, -0.25) is 0 Å². The summed E-state index contributed by atoms with van der Waals surface area (Å²) in [6.07, 6.45) is 0.891. The molecule has 0 aliphatic heterocycles. The largest absolute Gasteiger partial charge is 0.396 e. The molecule has 0 radical (unpaired) electrons. The maximum atomic E-state index is 8.60. The topological polar surface area (TPSA) is 32.3 Å². The third-order valence-corrected chi connectivity index (χ3v) is 3.43. The lowest BCUT2D eigenvalue weighted by atomic mass is 10.2. The Balaban J connectivity index is 0.00000256. The Hall–Kier alpha value is 0.0700. The zero-order valence-corrected chi connectivity index (χ0v) is 12.1. The number of aliphatic hydroxyl groups excluding tert-OH is 1. The Morgan fingerprint density at radius 1 is 1.18 bits per heavy atom. The first kappa shape index (κ1) is 17.1. The van der Waals surface area contributed by atoms with Crippen molar-refractivity contribution < 1.29 is 5.11 Å². The molecule has 2 nitrogen and oxygen atoms in total. The molecular formula is C12H19Cl2NOS. The van der Waals surface area contributed by atoms with E-state index in [4.69, 9.17) is 16.7 Å². The molecule has 0 unspecified atom stereocenters. The predicted octanol–water partition coefficient (Wildman–Crippen LogP) is 2.97. The van der Waals surface area contributed by atoms with E-state index in [0.29, 0.717) is 6.61 Å². The third-order valence-electron chi connectivity index (χ3n) is 2.11. The second-order valence-electron chi connectivity index (χ2n) is 3.49. The van der Waals surface area contributed by atoms with Crippen molar-refractivity contribution >= 4 is 35.8 Å². The molecule has 17 heavy (non-hydrogen) atoms. The molecule has 0 saturated carbocycles. The number of halogens is 2. The quantitative estimate of drug-likeness (QED) is 0.723. The molecule has 1 aromatic rings. The van der Waals surface area contributed by atoms with Crippen molar-refractivity contribution in [1.29, 1.82) is 0 Å². The Morgan fingerprint density at radius 2 is 1.88 bits per heavy atom. The van der Waals surface area contributed by atoms with Crippen LogP contribution < -0.4 is 5.32 Å². The lowest BCUT2D eigenvalue weighted by molar-refractivity contribution is 0.296. The molecule has 0 spiro atoms. The summed E-state index contributed by atoms with van der Waals surface area (Å²) in [7, 11) is 0. The smallest absolute Gasteiger partial charge is 0.0438 e. The number of benzene rings is 1. The van der Waals surface area contributed by atoms with Crippen LogP contribution in [0.2, 0.25) is 5.02 Å². The average molecular weight is 296 g/mol. The maximum Gasteiger partial charge on any atom is 0.0438 e. The predicted molar refractivity (Wildman–Crippen MR) is 79.4 cm³/mol. The minimum absolute atomic E-state index is 0. The summed E-state index contributed by atoms with van der Waals surface area (Å²) in [6.45, 7) is 2.18. The Bertz CT molecular complexity index is 282. The summed E-state index contributed by atoms with van der Waals surface area (Å²) in [5, 5.41) is 12.8. The molecule has 0 amide bonds. The van der Waals surface area contributed by atoms with Gasteiger partial charge in [0.05, 0.1) is 0 Å². The Morgan fingerprint density at radius 3 is 2.53 bits per heavy atom. The van der Waals surface area contributed by atoms with Crippen LogP contribution >= 0.6 is 35.8 Å². The second kappa shape index (κ2) is 11.2. The Kier molecular flexibility index (Phi) is 11.2. The maximum absolute atomic E-state index is 8.60. The van der Waals surface area contributed by atoms with E-state index < -0.39 is 0 Å². The van der Waals surface area contributed by atoms with Crippen LogP contribution in [0.1, 0.15) is 12.0 Å². The summed E-state index contributed by atoms with van der Waals surface area (Å²) >= 11 is 7.67. The van der Waals surface area contributed by atoms with Gasteiger partial charge in [0.25, 0.3) is 0 Å². The van der Waals surface area contributed by atoms with Gasteiger partial charge >= 0.3 is 0 Å². The molecule has 1 rings (SSSR count). The molecule has 1 aromatic carbocycles. The first-order valence-corrected chi connectivity index (χ1v) is 7.00. The van der Waals surface area contributed by atoms with Gasteiger partial charge in [-0.25, -0.2) is 0 Å². The molecule has 5 heteroatoms. The van der Waals surface area contributed by atoms with E-state index in [0.717, 1.165) is 36.0 Å². The fourth-order valence-electron chi connectivity index (χ4n) is 1.25. The monoisotopic (exact) mass is 295 g/mol. The average Bonchev–Trinajstić information content (AvgIpc) is 2.30. The van der Waals surface area contributed by atoms with Crippen LogP contribution in [-0.4, -0.2) is 29.8 Å². The normalized spacial score (nSPS) is 10.0. The number of nitrogens with one attached hydrogen (secondary N) is 1. The minimum atomic E-state index is 0. The highest BCUT2D eigenvalue weighted by molar-refractivity contribution is 7.99. The zero-order chi connectivity index (χ0) is 11.6. The molecule has 2 N–H and O–H groups in total. The van der Waals surface area contributed by atoms with E-state index in [-0.39, 0.29) is 12.4 Å². The molecule has 0 aliphatic rings. The van der Waals surface area contributed by atoms with Crippen LogP contribution in [0.4, 0.5) is 0 Å². The highest BCUT2D eigenvalue weighted by Gasteiger charge is 1.93. The summed E-state index contributed by atoms with van der Waals surface area (Å²) < 4.78 is 0. The first-order chi connectivity index (χ1) is 7.83. The summed E-state index contributed by atoms with van der Waals surface area (Å²) in [6, 6.07) is 7.89. The van der Waals surface area contributed by atoms with Crippen LogP contribution in [0.25, 0.3) is 0 Å². The van der Waals surface area contributed by atoms with Crippen LogP contribution in [-0.2, 0) is 6.54 Å². The van der Waals surface area contributed by atoms with E-state index in [2.05, 4.69) is 5.32 Å². The van der Waals surface area contributed by atoms with Crippen molar-refractivity contribution in [3.63, 3.8) is 0 Å². The molecule has 0 saturated heterocycles. The van der Waals surface area contributed by atoms with Crippen molar-refractivity contribution in [3.8, 4) is 0 Å². The van der Waals surface area contributed by atoms with Gasteiger partial charge in [0.1, 0.15) is 0 Å². The summed E-state index contributed by atoms with van der Waals surface area (Å²) in [4.78, 5) is 0. The van der Waals surface area contributed by atoms with Crippen molar-refractivity contribution in [2.45, 2.75) is 13.0 Å². The molecular weight excluding hydrogens is 277 g/mol. The molecule has 0 heterocycles. The molecule has 0 fully saturated rings. The van der Waals surface area contributed by atoms with Crippen molar-refractivity contribution in [3.05, 3.63) is 34.9 Å². The van der Waals surface area contributed by atoms with E-state index in [1.807, 2.05) is 36.0 Å². The number of aliphatic hydroxyl groups is 1. The molecule has 98 valence electrons. The Labute approximate surface area is 119 Å². The third kappa shape index (κ3) is 8.75. The van der Waals surface area contributed by atoms with Gasteiger partial charge < -0.3 is 10.4 Å². The van der Waals surface area contributed by atoms with Crippen LogP contribution in [0.15, 0.2) is 24.3 Å². The number of hydrogen-bond donors (Lipinski definition) is 2. The van der Waals surface area contributed by atoms with Crippen LogP contribution in [0.3, 0.4) is 0 Å². The second-order valence-corrected chi connectivity index (χ2v) is 5.15.